The summed E-state index contributed by atoms with van der Waals surface area (Å²) in [5.41, 5.74) is 4.24. The van der Waals surface area contributed by atoms with Crippen molar-refractivity contribution in [2.24, 2.45) is 0 Å². The molecule has 5 atom stereocenters. The van der Waals surface area contributed by atoms with E-state index in [-0.39, 0.29) is 11.9 Å². The van der Waals surface area contributed by atoms with Crippen molar-refractivity contribution in [3.05, 3.63) is 155 Å². The summed E-state index contributed by atoms with van der Waals surface area (Å²) in [6.07, 6.45) is -0.650. The molecule has 0 N–H and O–H groups in total. The first kappa shape index (κ1) is 35.2. The lowest BCUT2D eigenvalue weighted by Crippen LogP contribution is -2.61. The van der Waals surface area contributed by atoms with E-state index in [0.717, 1.165) is 26.6 Å². The van der Waals surface area contributed by atoms with Gasteiger partial charge in [-0.1, -0.05) is 133 Å². The number of hydrogen-bond donors (Lipinski definition) is 0. The van der Waals surface area contributed by atoms with E-state index in [4.69, 9.17) is 23.7 Å². The third-order valence-corrected chi connectivity index (χ3v) is 10.5. The molecule has 5 aromatic rings. The molecule has 0 aliphatic carbocycles. The maximum atomic E-state index is 12.0. The van der Waals surface area contributed by atoms with E-state index in [9.17, 15) is 4.79 Å². The van der Waals surface area contributed by atoms with Crippen LogP contribution >= 0.6 is 23.1 Å². The van der Waals surface area contributed by atoms with Crippen LogP contribution in [0.15, 0.2) is 132 Å². The minimum Gasteiger partial charge on any atom is -0.374 e. The number of aromatic nitrogens is 1. The second kappa shape index (κ2) is 18.4. The van der Waals surface area contributed by atoms with Gasteiger partial charge in [0.2, 0.25) is 0 Å². The Kier molecular flexibility index (Phi) is 13.2. The molecule has 0 unspecified atom stereocenters. The minimum atomic E-state index is -0.495. The number of ether oxygens (including phenoxy) is 5. The summed E-state index contributed by atoms with van der Waals surface area (Å²) in [6.45, 7) is 3.46. The molecule has 254 valence electrons. The minimum absolute atomic E-state index is 0.00532. The van der Waals surface area contributed by atoms with E-state index < -0.39 is 24.4 Å². The second-order valence-electron chi connectivity index (χ2n) is 11.9. The molecule has 49 heavy (non-hydrogen) atoms. The maximum absolute atomic E-state index is 12.0. The van der Waals surface area contributed by atoms with Gasteiger partial charge >= 0.3 is 0 Å². The van der Waals surface area contributed by atoms with Crippen molar-refractivity contribution in [3.8, 4) is 0 Å². The van der Waals surface area contributed by atoms with Crippen LogP contribution < -0.4 is 0 Å². The highest BCUT2D eigenvalue weighted by Crippen LogP contribution is 2.35. The fourth-order valence-electron chi connectivity index (χ4n) is 5.66. The molecule has 9 heteroatoms. The van der Waals surface area contributed by atoms with Crippen molar-refractivity contribution in [1.29, 1.82) is 0 Å². The number of carbonyl (C=O) groups is 1. The predicted molar refractivity (Wildman–Crippen MR) is 193 cm³/mol. The van der Waals surface area contributed by atoms with Crippen LogP contribution in [0.5, 0.6) is 0 Å². The number of thioether (sulfide) groups is 1. The first-order chi connectivity index (χ1) is 24.1. The van der Waals surface area contributed by atoms with Crippen LogP contribution in [0, 0.1) is 0 Å². The Morgan fingerprint density at radius 2 is 1.10 bits per heavy atom. The fraction of sp³-hybridized carbons (Fsp3) is 0.300. The molecule has 1 aliphatic rings. The van der Waals surface area contributed by atoms with Crippen molar-refractivity contribution in [1.82, 2.24) is 4.98 Å². The lowest BCUT2D eigenvalue weighted by molar-refractivity contribution is -0.268. The first-order valence-corrected chi connectivity index (χ1v) is 18.3. The highest BCUT2D eigenvalue weighted by atomic mass is 32.2. The van der Waals surface area contributed by atoms with Gasteiger partial charge in [-0.3, -0.25) is 4.79 Å². The van der Waals surface area contributed by atoms with E-state index >= 15 is 0 Å². The lowest BCUT2D eigenvalue weighted by Gasteiger charge is -2.46. The van der Waals surface area contributed by atoms with Gasteiger partial charge < -0.3 is 23.7 Å². The Morgan fingerprint density at radius 3 is 1.57 bits per heavy atom. The Bertz CT molecular complexity index is 1690. The molecule has 1 saturated heterocycles. The lowest BCUT2D eigenvalue weighted by atomic mass is 9.94. The van der Waals surface area contributed by atoms with Gasteiger partial charge in [0.25, 0.3) is 0 Å². The molecule has 0 amide bonds. The molecule has 0 radical (unpaired) electrons. The summed E-state index contributed by atoms with van der Waals surface area (Å²) in [7, 11) is 0. The molecule has 0 saturated carbocycles. The maximum Gasteiger partial charge on any atom is 0.171 e. The number of benzene rings is 4. The number of thiazole rings is 1. The molecule has 1 fully saturated rings. The molecule has 7 nitrogen and oxygen atoms in total. The van der Waals surface area contributed by atoms with E-state index in [1.54, 1.807) is 24.9 Å². The Labute approximate surface area is 296 Å². The average molecular weight is 696 g/mol. The molecule has 6 rings (SSSR count). The summed E-state index contributed by atoms with van der Waals surface area (Å²) < 4.78 is 34.4. The Hall–Kier alpha value is -3.67. The highest BCUT2D eigenvalue weighted by molar-refractivity contribution is 8.01. The zero-order valence-corrected chi connectivity index (χ0v) is 29.1. The third kappa shape index (κ3) is 10.4. The molecular weight excluding hydrogens is 655 g/mol. The largest absolute Gasteiger partial charge is 0.374 e. The third-order valence-electron chi connectivity index (χ3n) is 8.18. The normalized spacial score (nSPS) is 20.6. The van der Waals surface area contributed by atoms with Gasteiger partial charge in [0.1, 0.15) is 24.4 Å². The zero-order chi connectivity index (χ0) is 33.7. The van der Waals surface area contributed by atoms with Gasteiger partial charge in [-0.25, -0.2) is 4.98 Å². The van der Waals surface area contributed by atoms with Crippen LogP contribution in [0.4, 0.5) is 0 Å². The van der Waals surface area contributed by atoms with Crippen LogP contribution in [-0.4, -0.2) is 53.6 Å². The van der Waals surface area contributed by atoms with Gasteiger partial charge in [-0.15, -0.1) is 11.3 Å². The summed E-state index contributed by atoms with van der Waals surface area (Å²) in [5, 5.41) is 0. The average Bonchev–Trinajstić information content (AvgIpc) is 3.63. The summed E-state index contributed by atoms with van der Waals surface area (Å²) >= 11 is 2.95. The SMILES string of the molecule is CC(=O)c1cnc(SC[C@H]2O[C@H](COCc3ccccc3)[C@@H](OCc3ccccc3)[C@H](OCc3ccccc3)[C@@H]2OCc2ccccc2)s1. The van der Waals surface area contributed by atoms with Gasteiger partial charge in [-0.2, -0.15) is 0 Å². The number of rotatable bonds is 17. The van der Waals surface area contributed by atoms with Crippen molar-refractivity contribution < 1.29 is 28.5 Å². The molecule has 1 aromatic heterocycles. The Morgan fingerprint density at radius 1 is 0.653 bits per heavy atom. The van der Waals surface area contributed by atoms with Gasteiger partial charge in [0.05, 0.1) is 50.2 Å². The monoisotopic (exact) mass is 695 g/mol. The quantitative estimate of drug-likeness (QED) is 0.0713. The van der Waals surface area contributed by atoms with E-state index in [1.165, 1.54) is 11.3 Å². The van der Waals surface area contributed by atoms with Crippen molar-refractivity contribution in [2.75, 3.05) is 12.4 Å². The smallest absolute Gasteiger partial charge is 0.171 e. The molecular formula is C40H41NO6S2. The van der Waals surface area contributed by atoms with Gasteiger partial charge in [-0.05, 0) is 22.3 Å². The molecule has 1 aliphatic heterocycles. The fourth-order valence-corrected chi connectivity index (χ4v) is 7.61. The zero-order valence-electron chi connectivity index (χ0n) is 27.5. The van der Waals surface area contributed by atoms with Gasteiger partial charge in [0, 0.05) is 12.7 Å². The van der Waals surface area contributed by atoms with E-state index in [1.807, 2.05) is 84.9 Å². The summed E-state index contributed by atoms with van der Waals surface area (Å²) in [5.74, 6) is 0.543. The highest BCUT2D eigenvalue weighted by Gasteiger charge is 2.48. The molecule has 0 spiro atoms. The first-order valence-electron chi connectivity index (χ1n) is 16.5. The summed E-state index contributed by atoms with van der Waals surface area (Å²) in [4.78, 5) is 17.1. The van der Waals surface area contributed by atoms with E-state index in [2.05, 4.69) is 41.4 Å². The van der Waals surface area contributed by atoms with Crippen molar-refractivity contribution in [3.63, 3.8) is 0 Å². The number of carbonyl (C=O) groups excluding carboxylic acids is 1. The van der Waals surface area contributed by atoms with Crippen LogP contribution in [0.25, 0.3) is 0 Å². The number of hydrogen-bond acceptors (Lipinski definition) is 9. The predicted octanol–water partition coefficient (Wildman–Crippen LogP) is 8.18. The van der Waals surface area contributed by atoms with Crippen molar-refractivity contribution in [2.45, 2.75) is 68.2 Å². The van der Waals surface area contributed by atoms with Crippen LogP contribution in [0.2, 0.25) is 0 Å². The number of nitrogens with zero attached hydrogens (tertiary/aromatic N) is 1. The van der Waals surface area contributed by atoms with E-state index in [0.29, 0.717) is 43.7 Å². The molecule has 4 aromatic carbocycles. The molecule has 2 heterocycles. The summed E-state index contributed by atoms with van der Waals surface area (Å²) in [6, 6.07) is 40.5. The molecule has 0 bridgehead atoms. The van der Waals surface area contributed by atoms with Crippen molar-refractivity contribution >= 4 is 28.9 Å². The number of Topliss-reactive ketones (excluding diaryl/α,β-unsaturated/α-hetero) is 1. The van der Waals surface area contributed by atoms with Crippen LogP contribution in [0.1, 0.15) is 38.8 Å². The van der Waals surface area contributed by atoms with Crippen LogP contribution in [-0.2, 0) is 50.1 Å². The van der Waals surface area contributed by atoms with Crippen LogP contribution in [0.3, 0.4) is 0 Å². The standard InChI is InChI=1S/C40H41NO6S2/c1-29(42)36-22-41-40(49-36)48-28-35-38(45-25-32-18-10-4-11-19-32)39(46-26-33-20-12-5-13-21-33)37(44-24-31-16-8-3-9-17-31)34(47-35)27-43-23-30-14-6-2-7-15-30/h2-22,34-35,37-39H,23-28H2,1H3/t34-,35-,37-,38-,39+/m1/s1. The second-order valence-corrected chi connectivity index (χ2v) is 14.2. The topological polar surface area (TPSA) is 76.1 Å². The van der Waals surface area contributed by atoms with Gasteiger partial charge in [0.15, 0.2) is 10.1 Å². The number of ketones is 1. The Balaban J connectivity index is 1.30.